The maximum Gasteiger partial charge on any atom is 0.319 e. The molecule has 1 aliphatic heterocycles. The van der Waals surface area contributed by atoms with E-state index in [0.29, 0.717) is 31.3 Å². The van der Waals surface area contributed by atoms with Gasteiger partial charge < -0.3 is 20.1 Å². The fourth-order valence-corrected chi connectivity index (χ4v) is 3.19. The molecule has 2 aromatic rings. The molecular formula is C21H28N4O3. The number of pyridine rings is 1. The molecule has 1 aliphatic rings. The number of ether oxygens (including phenoxy) is 2. The molecule has 0 bridgehead atoms. The minimum atomic E-state index is -0.258. The van der Waals surface area contributed by atoms with Gasteiger partial charge in [-0.25, -0.2) is 9.78 Å². The molecule has 3 rings (SSSR count). The van der Waals surface area contributed by atoms with Crippen molar-refractivity contribution in [3.8, 4) is 5.88 Å². The Hall–Kier alpha value is -2.64. The normalized spacial score (nSPS) is 14.0. The van der Waals surface area contributed by atoms with Gasteiger partial charge in [0.2, 0.25) is 5.88 Å². The molecule has 2 amide bonds. The number of likely N-dealkylation sites (tertiary alicyclic amines) is 1. The van der Waals surface area contributed by atoms with Crippen LogP contribution in [-0.4, -0.2) is 49.3 Å². The zero-order valence-corrected chi connectivity index (χ0v) is 16.3. The third-order valence-electron chi connectivity index (χ3n) is 4.68. The van der Waals surface area contributed by atoms with Crippen molar-refractivity contribution in [2.75, 3.05) is 38.7 Å². The second-order valence-corrected chi connectivity index (χ2v) is 6.79. The van der Waals surface area contributed by atoms with Gasteiger partial charge in [-0.2, -0.15) is 0 Å². The second-order valence-electron chi connectivity index (χ2n) is 6.79. The monoisotopic (exact) mass is 384 g/mol. The number of carbonyl (C=O) groups excluding carboxylic acids is 1. The van der Waals surface area contributed by atoms with Gasteiger partial charge in [-0.15, -0.1) is 0 Å². The van der Waals surface area contributed by atoms with E-state index in [4.69, 9.17) is 9.47 Å². The zero-order chi connectivity index (χ0) is 19.6. The maximum atomic E-state index is 12.2. The molecular weight excluding hydrogens is 356 g/mol. The topological polar surface area (TPSA) is 75.7 Å². The number of urea groups is 1. The van der Waals surface area contributed by atoms with Crippen molar-refractivity contribution in [3.63, 3.8) is 0 Å². The molecule has 1 saturated heterocycles. The Balaban J connectivity index is 1.48. The number of rotatable bonds is 9. The first kappa shape index (κ1) is 20.1. The van der Waals surface area contributed by atoms with E-state index in [1.807, 2.05) is 6.07 Å². The van der Waals surface area contributed by atoms with E-state index in [2.05, 4.69) is 38.7 Å². The number of anilines is 1. The highest BCUT2D eigenvalue weighted by molar-refractivity contribution is 5.89. The van der Waals surface area contributed by atoms with Crippen LogP contribution in [0.15, 0.2) is 42.6 Å². The molecule has 0 spiro atoms. The van der Waals surface area contributed by atoms with Crippen molar-refractivity contribution < 1.29 is 14.3 Å². The summed E-state index contributed by atoms with van der Waals surface area (Å²) in [5.41, 5.74) is 3.02. The Morgan fingerprint density at radius 2 is 1.89 bits per heavy atom. The lowest BCUT2D eigenvalue weighted by molar-refractivity contribution is 0.144. The molecule has 0 radical (unpaired) electrons. The lowest BCUT2D eigenvalue weighted by Crippen LogP contribution is -2.29. The highest BCUT2D eigenvalue weighted by atomic mass is 16.5. The lowest BCUT2D eigenvalue weighted by Gasteiger charge is -2.17. The van der Waals surface area contributed by atoms with Gasteiger partial charge in [0.15, 0.2) is 0 Å². The van der Waals surface area contributed by atoms with Crippen LogP contribution in [-0.2, 0) is 17.8 Å². The number of aromatic nitrogens is 1. The minimum absolute atomic E-state index is 0.258. The van der Waals surface area contributed by atoms with E-state index in [0.717, 1.165) is 25.2 Å². The van der Waals surface area contributed by atoms with E-state index < -0.39 is 0 Å². The van der Waals surface area contributed by atoms with Gasteiger partial charge in [-0.1, -0.05) is 24.3 Å². The first-order valence-electron chi connectivity index (χ1n) is 9.66. The standard InChI is InChI=1S/C21H28N4O3/c1-27-12-13-28-20-9-8-19(15-22-20)24-21(26)23-14-17-6-2-3-7-18(17)16-25-10-4-5-11-25/h2-3,6-9,15H,4-5,10-14,16H2,1H3,(H2,23,24,26). The number of nitrogens with one attached hydrogen (secondary N) is 2. The summed E-state index contributed by atoms with van der Waals surface area (Å²) in [5.74, 6) is 0.499. The summed E-state index contributed by atoms with van der Waals surface area (Å²) in [6, 6.07) is 11.5. The Bertz CT molecular complexity index is 746. The van der Waals surface area contributed by atoms with E-state index in [9.17, 15) is 4.79 Å². The molecule has 0 aliphatic carbocycles. The number of methoxy groups -OCH3 is 1. The number of carbonyl (C=O) groups is 1. The Labute approximate surface area is 166 Å². The van der Waals surface area contributed by atoms with Crippen molar-refractivity contribution in [1.29, 1.82) is 0 Å². The van der Waals surface area contributed by atoms with Crippen LogP contribution in [0.25, 0.3) is 0 Å². The number of nitrogens with zero attached hydrogens (tertiary/aromatic N) is 2. The third-order valence-corrected chi connectivity index (χ3v) is 4.68. The highest BCUT2D eigenvalue weighted by Crippen LogP contribution is 2.16. The number of hydrogen-bond acceptors (Lipinski definition) is 5. The molecule has 150 valence electrons. The van der Waals surface area contributed by atoms with Crippen molar-refractivity contribution in [1.82, 2.24) is 15.2 Å². The molecule has 7 nitrogen and oxygen atoms in total. The van der Waals surface area contributed by atoms with Crippen molar-refractivity contribution >= 4 is 11.7 Å². The molecule has 28 heavy (non-hydrogen) atoms. The van der Waals surface area contributed by atoms with Crippen molar-refractivity contribution in [2.45, 2.75) is 25.9 Å². The molecule has 2 N–H and O–H groups in total. The molecule has 0 saturated carbocycles. The fourth-order valence-electron chi connectivity index (χ4n) is 3.19. The van der Waals surface area contributed by atoms with Gasteiger partial charge in [0, 0.05) is 26.3 Å². The van der Waals surface area contributed by atoms with Crippen LogP contribution < -0.4 is 15.4 Å². The van der Waals surface area contributed by atoms with Crippen LogP contribution in [0.2, 0.25) is 0 Å². The third kappa shape index (κ3) is 6.21. The highest BCUT2D eigenvalue weighted by Gasteiger charge is 2.13. The summed E-state index contributed by atoms with van der Waals surface area (Å²) in [6.07, 6.45) is 4.11. The molecule has 1 fully saturated rings. The fraction of sp³-hybridized carbons (Fsp3) is 0.429. The Morgan fingerprint density at radius 1 is 1.11 bits per heavy atom. The number of benzene rings is 1. The van der Waals surface area contributed by atoms with Crippen LogP contribution in [0.1, 0.15) is 24.0 Å². The van der Waals surface area contributed by atoms with E-state index >= 15 is 0 Å². The molecule has 0 unspecified atom stereocenters. The molecule has 1 aromatic heterocycles. The van der Waals surface area contributed by atoms with Crippen molar-refractivity contribution in [2.24, 2.45) is 0 Å². The summed E-state index contributed by atoms with van der Waals surface area (Å²) < 4.78 is 10.3. The van der Waals surface area contributed by atoms with Gasteiger partial charge in [-0.05, 0) is 43.1 Å². The Morgan fingerprint density at radius 3 is 2.61 bits per heavy atom. The minimum Gasteiger partial charge on any atom is -0.475 e. The molecule has 0 atom stereocenters. The second kappa shape index (κ2) is 10.6. The summed E-state index contributed by atoms with van der Waals surface area (Å²) in [4.78, 5) is 18.9. The zero-order valence-electron chi connectivity index (χ0n) is 16.3. The quantitative estimate of drug-likeness (QED) is 0.650. The number of amides is 2. The van der Waals surface area contributed by atoms with E-state index in [-0.39, 0.29) is 6.03 Å². The van der Waals surface area contributed by atoms with Crippen LogP contribution in [0.4, 0.5) is 10.5 Å². The van der Waals surface area contributed by atoms with Crippen molar-refractivity contribution in [3.05, 3.63) is 53.7 Å². The van der Waals surface area contributed by atoms with E-state index in [1.165, 1.54) is 18.4 Å². The van der Waals surface area contributed by atoms with E-state index in [1.54, 1.807) is 25.4 Å². The van der Waals surface area contributed by atoms with Crippen LogP contribution >= 0.6 is 0 Å². The average molecular weight is 384 g/mol. The van der Waals surface area contributed by atoms with Crippen LogP contribution in [0.5, 0.6) is 5.88 Å². The predicted octanol–water partition coefficient (Wildman–Crippen LogP) is 3.02. The average Bonchev–Trinajstić information content (AvgIpc) is 3.22. The SMILES string of the molecule is COCCOc1ccc(NC(=O)NCc2ccccc2CN2CCCC2)cn1. The first-order chi connectivity index (χ1) is 13.7. The van der Waals surface area contributed by atoms with Gasteiger partial charge in [-0.3, -0.25) is 4.90 Å². The maximum absolute atomic E-state index is 12.2. The van der Waals surface area contributed by atoms with Gasteiger partial charge in [0.25, 0.3) is 0 Å². The number of hydrogen-bond donors (Lipinski definition) is 2. The van der Waals surface area contributed by atoms with Gasteiger partial charge >= 0.3 is 6.03 Å². The molecule has 2 heterocycles. The van der Waals surface area contributed by atoms with Crippen LogP contribution in [0, 0.1) is 0 Å². The summed E-state index contributed by atoms with van der Waals surface area (Å²) in [6.45, 7) is 4.67. The van der Waals surface area contributed by atoms with Crippen LogP contribution in [0.3, 0.4) is 0 Å². The van der Waals surface area contributed by atoms with Gasteiger partial charge in [0.05, 0.1) is 18.5 Å². The molecule has 7 heteroatoms. The Kier molecular flexibility index (Phi) is 7.63. The lowest BCUT2D eigenvalue weighted by atomic mass is 10.1. The summed E-state index contributed by atoms with van der Waals surface area (Å²) in [5, 5.41) is 5.72. The predicted molar refractivity (Wildman–Crippen MR) is 108 cm³/mol. The summed E-state index contributed by atoms with van der Waals surface area (Å²) in [7, 11) is 1.62. The largest absolute Gasteiger partial charge is 0.475 e. The molecule has 1 aromatic carbocycles. The van der Waals surface area contributed by atoms with Gasteiger partial charge in [0.1, 0.15) is 6.61 Å². The first-order valence-corrected chi connectivity index (χ1v) is 9.66. The summed E-state index contributed by atoms with van der Waals surface area (Å²) >= 11 is 0. The smallest absolute Gasteiger partial charge is 0.319 e.